The molecule has 0 bridgehead atoms. The highest BCUT2D eigenvalue weighted by Crippen LogP contribution is 2.23. The molecule has 7 nitrogen and oxygen atoms in total. The standard InChI is InChI=1S/C23H21ClFN5O2/c1-14(15-6-3-2-4-7-15)30(22(27)31)21(26)16-8-5-9-17(12-16)28-23(32)29-18-10-11-20(25)19(24)13-18/h2-14,26H,1H3,(H2,27,31)(H2,28,29,32). The molecule has 164 valence electrons. The van der Waals surface area contributed by atoms with E-state index in [-0.39, 0.29) is 10.9 Å². The zero-order valence-electron chi connectivity index (χ0n) is 17.1. The molecule has 0 heterocycles. The van der Waals surface area contributed by atoms with Crippen LogP contribution in [0, 0.1) is 11.2 Å². The SMILES string of the molecule is CC(c1ccccc1)N(C(=N)c1cccc(NC(=O)Nc2ccc(F)c(Cl)c2)c1)C(N)=O. The van der Waals surface area contributed by atoms with Gasteiger partial charge in [-0.15, -0.1) is 0 Å². The summed E-state index contributed by atoms with van der Waals surface area (Å²) in [6.07, 6.45) is 0. The number of rotatable bonds is 5. The lowest BCUT2D eigenvalue weighted by Crippen LogP contribution is -2.42. The Hall–Kier alpha value is -3.91. The Morgan fingerprint density at radius 2 is 1.66 bits per heavy atom. The van der Waals surface area contributed by atoms with E-state index in [4.69, 9.17) is 22.7 Å². The highest BCUT2D eigenvalue weighted by molar-refractivity contribution is 6.31. The molecule has 0 saturated carbocycles. The first-order valence-electron chi connectivity index (χ1n) is 9.62. The molecular formula is C23H21ClFN5O2. The lowest BCUT2D eigenvalue weighted by Gasteiger charge is -2.28. The fourth-order valence-electron chi connectivity index (χ4n) is 3.13. The number of urea groups is 2. The number of hydrogen-bond donors (Lipinski definition) is 4. The Bertz CT molecular complexity index is 1160. The number of hydrogen-bond acceptors (Lipinski definition) is 3. The van der Waals surface area contributed by atoms with Gasteiger partial charge >= 0.3 is 12.1 Å². The van der Waals surface area contributed by atoms with Crippen LogP contribution < -0.4 is 16.4 Å². The van der Waals surface area contributed by atoms with Gasteiger partial charge in [0.2, 0.25) is 0 Å². The number of nitrogens with one attached hydrogen (secondary N) is 3. The Morgan fingerprint density at radius 3 is 2.28 bits per heavy atom. The zero-order valence-corrected chi connectivity index (χ0v) is 17.9. The van der Waals surface area contributed by atoms with Crippen molar-refractivity contribution in [3.05, 3.63) is 94.8 Å². The third-order valence-electron chi connectivity index (χ3n) is 4.72. The Kier molecular flexibility index (Phi) is 7.07. The van der Waals surface area contributed by atoms with Crippen LogP contribution in [0.5, 0.6) is 0 Å². The second-order valence-electron chi connectivity index (χ2n) is 6.93. The van der Waals surface area contributed by atoms with E-state index in [0.717, 1.165) is 11.6 Å². The van der Waals surface area contributed by atoms with Gasteiger partial charge in [-0.25, -0.2) is 14.0 Å². The fraction of sp³-hybridized carbons (Fsp3) is 0.0870. The van der Waals surface area contributed by atoms with Crippen molar-refractivity contribution in [3.63, 3.8) is 0 Å². The van der Waals surface area contributed by atoms with E-state index in [1.807, 2.05) is 30.3 Å². The molecule has 0 spiro atoms. The Balaban J connectivity index is 1.76. The van der Waals surface area contributed by atoms with Crippen LogP contribution in [-0.2, 0) is 0 Å². The summed E-state index contributed by atoms with van der Waals surface area (Å²) in [6, 6.07) is 17.7. The third kappa shape index (κ3) is 5.41. The summed E-state index contributed by atoms with van der Waals surface area (Å²) in [7, 11) is 0. The topological polar surface area (TPSA) is 111 Å². The summed E-state index contributed by atoms with van der Waals surface area (Å²) in [4.78, 5) is 25.6. The van der Waals surface area contributed by atoms with Crippen LogP contribution in [0.15, 0.2) is 72.8 Å². The summed E-state index contributed by atoms with van der Waals surface area (Å²) in [5, 5.41) is 13.6. The van der Waals surface area contributed by atoms with Crippen LogP contribution in [-0.4, -0.2) is 22.8 Å². The largest absolute Gasteiger partial charge is 0.351 e. The van der Waals surface area contributed by atoms with Crippen molar-refractivity contribution < 1.29 is 14.0 Å². The second-order valence-corrected chi connectivity index (χ2v) is 7.34. The van der Waals surface area contributed by atoms with E-state index in [9.17, 15) is 14.0 Å². The van der Waals surface area contributed by atoms with Crippen LogP contribution in [0.25, 0.3) is 0 Å². The summed E-state index contributed by atoms with van der Waals surface area (Å²) in [5.41, 5.74) is 7.47. The number of primary amides is 1. The number of nitrogens with two attached hydrogens (primary N) is 1. The molecule has 0 aliphatic rings. The summed E-state index contributed by atoms with van der Waals surface area (Å²) in [6.45, 7) is 1.78. The first kappa shape index (κ1) is 22.8. The number of benzene rings is 3. The maximum absolute atomic E-state index is 13.3. The van der Waals surface area contributed by atoms with E-state index in [0.29, 0.717) is 16.9 Å². The Labute approximate surface area is 189 Å². The highest BCUT2D eigenvalue weighted by atomic mass is 35.5. The first-order valence-corrected chi connectivity index (χ1v) is 9.99. The van der Waals surface area contributed by atoms with Gasteiger partial charge in [-0.05, 0) is 42.8 Å². The third-order valence-corrected chi connectivity index (χ3v) is 5.01. The van der Waals surface area contributed by atoms with Gasteiger partial charge in [0.25, 0.3) is 0 Å². The van der Waals surface area contributed by atoms with Gasteiger partial charge in [0.05, 0.1) is 11.1 Å². The van der Waals surface area contributed by atoms with Crippen LogP contribution in [0.3, 0.4) is 0 Å². The average molecular weight is 454 g/mol. The number of amides is 4. The van der Waals surface area contributed by atoms with Crippen molar-refractivity contribution in [2.24, 2.45) is 5.73 Å². The number of nitrogens with zero attached hydrogens (tertiary/aromatic N) is 1. The monoisotopic (exact) mass is 453 g/mol. The van der Waals surface area contributed by atoms with Gasteiger partial charge in [-0.3, -0.25) is 10.3 Å². The average Bonchev–Trinajstić information content (AvgIpc) is 2.76. The van der Waals surface area contributed by atoms with Crippen molar-refractivity contribution in [2.75, 3.05) is 10.6 Å². The molecule has 3 rings (SSSR count). The summed E-state index contributed by atoms with van der Waals surface area (Å²) in [5.74, 6) is -0.698. The van der Waals surface area contributed by atoms with Crippen molar-refractivity contribution in [3.8, 4) is 0 Å². The fourth-order valence-corrected chi connectivity index (χ4v) is 3.31. The van der Waals surface area contributed by atoms with Gasteiger partial charge < -0.3 is 16.4 Å². The normalized spacial score (nSPS) is 11.3. The maximum Gasteiger partial charge on any atom is 0.323 e. The van der Waals surface area contributed by atoms with Gasteiger partial charge in [0.1, 0.15) is 11.7 Å². The predicted octanol–water partition coefficient (Wildman–Crippen LogP) is 5.59. The quantitative estimate of drug-likeness (QED) is 0.298. The molecule has 4 amide bonds. The molecule has 3 aromatic rings. The Morgan fingerprint density at radius 1 is 1.00 bits per heavy atom. The minimum atomic E-state index is -0.768. The summed E-state index contributed by atoms with van der Waals surface area (Å²) < 4.78 is 13.3. The smallest absolute Gasteiger partial charge is 0.323 e. The number of amidine groups is 1. The molecule has 0 fully saturated rings. The minimum absolute atomic E-state index is 0.108. The van der Waals surface area contributed by atoms with E-state index in [2.05, 4.69) is 10.6 Å². The number of carbonyl (C=O) groups is 2. The van der Waals surface area contributed by atoms with E-state index in [1.54, 1.807) is 31.2 Å². The number of halogens is 2. The van der Waals surface area contributed by atoms with Crippen molar-refractivity contribution in [1.29, 1.82) is 5.41 Å². The van der Waals surface area contributed by atoms with Gasteiger partial charge in [-0.1, -0.05) is 54.1 Å². The first-order chi connectivity index (χ1) is 15.3. The maximum atomic E-state index is 13.3. The van der Waals surface area contributed by atoms with Crippen LogP contribution in [0.1, 0.15) is 24.1 Å². The molecule has 3 aromatic carbocycles. The van der Waals surface area contributed by atoms with Gasteiger partial charge in [0.15, 0.2) is 0 Å². The predicted molar refractivity (Wildman–Crippen MR) is 124 cm³/mol. The number of anilines is 2. The lowest BCUT2D eigenvalue weighted by atomic mass is 10.1. The van der Waals surface area contributed by atoms with Gasteiger partial charge in [-0.2, -0.15) is 0 Å². The molecule has 1 atom stereocenters. The number of carbonyl (C=O) groups excluding carboxylic acids is 2. The summed E-state index contributed by atoms with van der Waals surface area (Å²) >= 11 is 5.73. The lowest BCUT2D eigenvalue weighted by molar-refractivity contribution is 0.220. The van der Waals surface area contributed by atoms with E-state index < -0.39 is 23.9 Å². The van der Waals surface area contributed by atoms with Crippen LogP contribution in [0.2, 0.25) is 5.02 Å². The van der Waals surface area contributed by atoms with Crippen molar-refractivity contribution in [2.45, 2.75) is 13.0 Å². The van der Waals surface area contributed by atoms with E-state index in [1.165, 1.54) is 17.0 Å². The van der Waals surface area contributed by atoms with Crippen LogP contribution >= 0.6 is 11.6 Å². The molecule has 32 heavy (non-hydrogen) atoms. The van der Waals surface area contributed by atoms with Crippen molar-refractivity contribution in [1.82, 2.24) is 4.90 Å². The second kappa shape index (κ2) is 9.93. The molecule has 0 aliphatic carbocycles. The highest BCUT2D eigenvalue weighted by Gasteiger charge is 2.24. The van der Waals surface area contributed by atoms with E-state index >= 15 is 0 Å². The van der Waals surface area contributed by atoms with Crippen LogP contribution in [0.4, 0.5) is 25.4 Å². The molecule has 5 N–H and O–H groups in total. The zero-order chi connectivity index (χ0) is 23.3. The minimum Gasteiger partial charge on any atom is -0.351 e. The molecule has 9 heteroatoms. The molecule has 0 radical (unpaired) electrons. The molecule has 1 unspecified atom stereocenters. The van der Waals surface area contributed by atoms with Gasteiger partial charge in [0, 0.05) is 16.9 Å². The molecular weight excluding hydrogens is 433 g/mol. The molecule has 0 saturated heterocycles. The molecule has 0 aliphatic heterocycles. The van der Waals surface area contributed by atoms with Crippen molar-refractivity contribution >= 4 is 40.9 Å². The molecule has 0 aromatic heterocycles.